The molecular formula is C45H44FN3O5. The van der Waals surface area contributed by atoms with Crippen LogP contribution in [0.15, 0.2) is 128 Å². The summed E-state index contributed by atoms with van der Waals surface area (Å²) in [5.41, 5.74) is 2.56. The Morgan fingerprint density at radius 3 is 2.13 bits per heavy atom. The van der Waals surface area contributed by atoms with Crippen LogP contribution in [0.2, 0.25) is 0 Å². The number of ether oxygens (including phenoxy) is 3. The summed E-state index contributed by atoms with van der Waals surface area (Å²) < 4.78 is 34.9. The van der Waals surface area contributed by atoms with E-state index in [4.69, 9.17) is 19.2 Å². The van der Waals surface area contributed by atoms with Gasteiger partial charge in [-0.2, -0.15) is 4.98 Å². The summed E-state index contributed by atoms with van der Waals surface area (Å²) in [5.74, 6) is 0.146. The third-order valence-corrected chi connectivity index (χ3v) is 9.62. The summed E-state index contributed by atoms with van der Waals surface area (Å²) in [7, 11) is 0. The average Bonchev–Trinajstić information content (AvgIpc) is 3.17. The number of aromatic nitrogens is 2. The van der Waals surface area contributed by atoms with Crippen molar-refractivity contribution in [3.05, 3.63) is 156 Å². The van der Waals surface area contributed by atoms with E-state index in [1.807, 2.05) is 118 Å². The highest BCUT2D eigenvalue weighted by atomic mass is 19.1. The minimum atomic E-state index is -1.55. The van der Waals surface area contributed by atoms with Crippen molar-refractivity contribution in [1.29, 1.82) is 0 Å². The first-order valence-electron chi connectivity index (χ1n) is 18.2. The Morgan fingerprint density at radius 2 is 1.48 bits per heavy atom. The first kappa shape index (κ1) is 36.6. The van der Waals surface area contributed by atoms with Gasteiger partial charge in [0, 0.05) is 53.3 Å². The van der Waals surface area contributed by atoms with Gasteiger partial charge in [-0.25, -0.2) is 9.18 Å². The van der Waals surface area contributed by atoms with E-state index >= 15 is 4.39 Å². The van der Waals surface area contributed by atoms with E-state index in [9.17, 15) is 9.90 Å². The van der Waals surface area contributed by atoms with Crippen molar-refractivity contribution in [3.63, 3.8) is 0 Å². The number of piperidine rings is 1. The number of amides is 1. The zero-order valence-corrected chi connectivity index (χ0v) is 30.7. The van der Waals surface area contributed by atoms with Gasteiger partial charge in [0.05, 0.1) is 11.1 Å². The van der Waals surface area contributed by atoms with Gasteiger partial charge < -0.3 is 24.2 Å². The van der Waals surface area contributed by atoms with E-state index in [0.717, 1.165) is 16.7 Å². The lowest BCUT2D eigenvalue weighted by molar-refractivity contribution is -0.0596. The van der Waals surface area contributed by atoms with E-state index in [1.54, 1.807) is 35.4 Å². The van der Waals surface area contributed by atoms with E-state index in [-0.39, 0.29) is 36.9 Å². The Labute approximate surface area is 315 Å². The number of pyridine rings is 2. The van der Waals surface area contributed by atoms with Crippen LogP contribution in [-0.2, 0) is 30.0 Å². The lowest BCUT2D eigenvalue weighted by Crippen LogP contribution is -2.53. The van der Waals surface area contributed by atoms with E-state index in [2.05, 4.69) is 4.98 Å². The maximum Gasteiger partial charge on any atom is 0.410 e. The second-order valence-electron chi connectivity index (χ2n) is 14.8. The molecule has 1 saturated heterocycles. The Morgan fingerprint density at radius 1 is 0.852 bits per heavy atom. The molecule has 1 aliphatic rings. The minimum absolute atomic E-state index is 0.128. The first-order chi connectivity index (χ1) is 26.0. The molecule has 8 nitrogen and oxygen atoms in total. The van der Waals surface area contributed by atoms with Crippen molar-refractivity contribution in [1.82, 2.24) is 14.9 Å². The molecule has 2 aromatic heterocycles. The van der Waals surface area contributed by atoms with Crippen molar-refractivity contribution in [2.24, 2.45) is 0 Å². The standard InChI is InChI=1S/C45H44FN3O5/c1-44(2,3)54-43(50)49-24-23-45(51,27-35(49)25-31-13-7-4-8-14-31)38-20-21-39-37(41(38)46)26-34(28-47-39)36-19-22-40(52-29-32-15-9-5-10-16-32)48-42(36)53-30-33-17-11-6-12-18-33/h4-22,26,28,35,51H,23-25,27,29-30H2,1-3H3. The van der Waals surface area contributed by atoms with Crippen molar-refractivity contribution >= 4 is 17.0 Å². The average molecular weight is 726 g/mol. The minimum Gasteiger partial charge on any atom is -0.473 e. The molecule has 1 aliphatic heterocycles. The Kier molecular flexibility index (Phi) is 10.6. The van der Waals surface area contributed by atoms with Gasteiger partial charge in [-0.3, -0.25) is 4.98 Å². The fourth-order valence-corrected chi connectivity index (χ4v) is 6.93. The summed E-state index contributed by atoms with van der Waals surface area (Å²) in [6.07, 6.45) is 1.96. The zero-order chi connectivity index (χ0) is 37.7. The molecule has 1 N–H and O–H groups in total. The van der Waals surface area contributed by atoms with E-state index in [0.29, 0.717) is 41.4 Å². The smallest absolute Gasteiger partial charge is 0.410 e. The molecule has 0 spiro atoms. The maximum absolute atomic E-state index is 16.9. The predicted molar refractivity (Wildman–Crippen MR) is 206 cm³/mol. The number of halogens is 1. The first-order valence-corrected chi connectivity index (χ1v) is 18.2. The second kappa shape index (κ2) is 15.7. The van der Waals surface area contributed by atoms with Gasteiger partial charge in [-0.1, -0.05) is 97.1 Å². The molecule has 6 aromatic rings. The lowest BCUT2D eigenvalue weighted by atomic mass is 9.78. The molecule has 0 aliphatic carbocycles. The highest BCUT2D eigenvalue weighted by Gasteiger charge is 2.44. The van der Waals surface area contributed by atoms with Crippen LogP contribution in [0.3, 0.4) is 0 Å². The molecule has 1 amide bonds. The molecule has 7 rings (SSSR count). The van der Waals surface area contributed by atoms with Gasteiger partial charge in [-0.05, 0) is 68.5 Å². The van der Waals surface area contributed by atoms with Crippen LogP contribution in [0.4, 0.5) is 9.18 Å². The number of rotatable bonds is 10. The van der Waals surface area contributed by atoms with Crippen molar-refractivity contribution in [2.75, 3.05) is 6.54 Å². The highest BCUT2D eigenvalue weighted by Crippen LogP contribution is 2.41. The Bertz CT molecular complexity index is 2210. The van der Waals surface area contributed by atoms with Crippen LogP contribution in [0.1, 0.15) is 55.9 Å². The number of hydrogen-bond donors (Lipinski definition) is 1. The maximum atomic E-state index is 16.9. The Balaban J connectivity index is 1.21. The summed E-state index contributed by atoms with van der Waals surface area (Å²) >= 11 is 0. The largest absolute Gasteiger partial charge is 0.473 e. The van der Waals surface area contributed by atoms with Gasteiger partial charge >= 0.3 is 6.09 Å². The Hall–Kier alpha value is -5.80. The fourth-order valence-electron chi connectivity index (χ4n) is 6.93. The molecule has 2 atom stereocenters. The van der Waals surface area contributed by atoms with Gasteiger partial charge in [0.1, 0.15) is 24.6 Å². The molecule has 9 heteroatoms. The molecular weight excluding hydrogens is 682 g/mol. The van der Waals surface area contributed by atoms with E-state index in [1.165, 1.54) is 0 Å². The van der Waals surface area contributed by atoms with Crippen LogP contribution in [0, 0.1) is 5.82 Å². The van der Waals surface area contributed by atoms with E-state index < -0.39 is 29.2 Å². The van der Waals surface area contributed by atoms with Gasteiger partial charge in [0.15, 0.2) is 0 Å². The van der Waals surface area contributed by atoms with Crippen molar-refractivity contribution in [2.45, 2.75) is 70.5 Å². The number of aliphatic hydroxyl groups is 1. The van der Waals surface area contributed by atoms with Crippen LogP contribution >= 0.6 is 0 Å². The van der Waals surface area contributed by atoms with Gasteiger partial charge in [-0.15, -0.1) is 0 Å². The summed E-state index contributed by atoms with van der Waals surface area (Å²) in [6.45, 7) is 6.28. The third-order valence-electron chi connectivity index (χ3n) is 9.62. The molecule has 4 aromatic carbocycles. The fraction of sp³-hybridized carbons (Fsp3) is 0.267. The lowest BCUT2D eigenvalue weighted by Gasteiger charge is -2.44. The number of hydrogen-bond acceptors (Lipinski definition) is 7. The van der Waals surface area contributed by atoms with Crippen LogP contribution < -0.4 is 9.47 Å². The SMILES string of the molecule is CC(C)(C)OC(=O)N1CCC(O)(c2ccc3ncc(-c4ccc(OCc5ccccc5)nc4OCc4ccccc4)cc3c2F)CC1Cc1ccccc1. The second-order valence-corrected chi connectivity index (χ2v) is 14.8. The highest BCUT2D eigenvalue weighted by molar-refractivity contribution is 5.86. The van der Waals surface area contributed by atoms with Crippen LogP contribution in [-0.4, -0.2) is 44.3 Å². The number of carbonyl (C=O) groups is 1. The molecule has 0 bridgehead atoms. The van der Waals surface area contributed by atoms with Crippen LogP contribution in [0.5, 0.6) is 11.8 Å². The third kappa shape index (κ3) is 8.53. The number of fused-ring (bicyclic) bond motifs is 1. The molecule has 3 heterocycles. The summed E-state index contributed by atoms with van der Waals surface area (Å²) in [4.78, 5) is 24.4. The number of carbonyl (C=O) groups excluding carboxylic acids is 1. The molecule has 54 heavy (non-hydrogen) atoms. The molecule has 276 valence electrons. The zero-order valence-electron chi connectivity index (χ0n) is 30.7. The predicted octanol–water partition coefficient (Wildman–Crippen LogP) is 9.42. The number of benzene rings is 4. The number of nitrogens with zero attached hydrogens (tertiary/aromatic N) is 3. The van der Waals surface area contributed by atoms with Crippen LogP contribution in [0.25, 0.3) is 22.0 Å². The molecule has 0 radical (unpaired) electrons. The van der Waals surface area contributed by atoms with Crippen molar-refractivity contribution < 1.29 is 28.5 Å². The van der Waals surface area contributed by atoms with Gasteiger partial charge in [0.2, 0.25) is 11.8 Å². The molecule has 0 saturated carbocycles. The normalized spacial score (nSPS) is 17.3. The summed E-state index contributed by atoms with van der Waals surface area (Å²) in [6, 6.07) is 37.6. The molecule has 1 fully saturated rings. The topological polar surface area (TPSA) is 94.0 Å². The van der Waals surface area contributed by atoms with Crippen molar-refractivity contribution in [3.8, 4) is 22.9 Å². The number of likely N-dealkylation sites (tertiary alicyclic amines) is 1. The monoisotopic (exact) mass is 725 g/mol. The molecule has 2 unspecified atom stereocenters. The van der Waals surface area contributed by atoms with Gasteiger partial charge in [0.25, 0.3) is 0 Å². The quantitative estimate of drug-likeness (QED) is 0.150. The summed E-state index contributed by atoms with van der Waals surface area (Å²) in [5, 5.41) is 12.5.